The Morgan fingerprint density at radius 2 is 1.76 bits per heavy atom. The second-order valence-corrected chi connectivity index (χ2v) is 6.37. The van der Waals surface area contributed by atoms with Crippen molar-refractivity contribution in [1.29, 1.82) is 0 Å². The van der Waals surface area contributed by atoms with E-state index in [2.05, 4.69) is 20.9 Å². The third kappa shape index (κ3) is 4.48. The summed E-state index contributed by atoms with van der Waals surface area (Å²) >= 11 is 3.46. The first-order valence-corrected chi connectivity index (χ1v) is 9.16. The maximum Gasteiger partial charge on any atom is 0.356 e. The fourth-order valence-corrected chi connectivity index (χ4v) is 3.15. The highest BCUT2D eigenvalue weighted by Crippen LogP contribution is 2.36. The van der Waals surface area contributed by atoms with Crippen molar-refractivity contribution in [2.24, 2.45) is 0 Å². The van der Waals surface area contributed by atoms with E-state index in [4.69, 9.17) is 4.74 Å². The van der Waals surface area contributed by atoms with Gasteiger partial charge in [-0.2, -0.15) is 0 Å². The van der Waals surface area contributed by atoms with E-state index in [0.717, 1.165) is 39.7 Å². The van der Waals surface area contributed by atoms with Crippen LogP contribution in [0, 0.1) is 0 Å². The molecule has 0 bridgehead atoms. The monoisotopic (exact) mass is 403 g/mol. The lowest BCUT2D eigenvalue weighted by atomic mass is 9.93. The van der Waals surface area contributed by atoms with Crippen LogP contribution in [0.25, 0.3) is 11.1 Å². The lowest BCUT2D eigenvalue weighted by Gasteiger charge is -2.15. The van der Waals surface area contributed by atoms with Gasteiger partial charge in [0.05, 0.1) is 12.3 Å². The molecule has 0 amide bonds. The summed E-state index contributed by atoms with van der Waals surface area (Å²) in [5.74, 6) is -0.198. The number of phenols is 1. The van der Waals surface area contributed by atoms with Gasteiger partial charge in [0.2, 0.25) is 0 Å². The highest BCUT2D eigenvalue weighted by atomic mass is 79.9. The topological polar surface area (TPSA) is 59.4 Å². The predicted octanol–water partition coefficient (Wildman–Crippen LogP) is 5.46. The fraction of sp³-hybridized carbons (Fsp3) is 0.300. The Morgan fingerprint density at radius 1 is 1.08 bits per heavy atom. The number of carbonyl (C=O) groups excluding carboxylic acids is 1. The second kappa shape index (κ2) is 8.81. The summed E-state index contributed by atoms with van der Waals surface area (Å²) < 4.78 is 5.94. The van der Waals surface area contributed by atoms with Gasteiger partial charge in [0.15, 0.2) is 0 Å². The summed E-state index contributed by atoms with van der Waals surface area (Å²) in [5.41, 5.74) is 3.80. The zero-order chi connectivity index (χ0) is 18.4. The normalized spacial score (nSPS) is 11.8. The van der Waals surface area contributed by atoms with Crippen LogP contribution in [0.4, 0.5) is 0 Å². The van der Waals surface area contributed by atoms with E-state index in [9.17, 15) is 9.90 Å². The van der Waals surface area contributed by atoms with Crippen molar-refractivity contribution in [2.75, 3.05) is 6.61 Å². The predicted molar refractivity (Wildman–Crippen MR) is 103 cm³/mol. The van der Waals surface area contributed by atoms with Crippen LogP contribution in [0.3, 0.4) is 0 Å². The van der Waals surface area contributed by atoms with Crippen LogP contribution in [0.15, 0.2) is 40.9 Å². The summed E-state index contributed by atoms with van der Waals surface area (Å²) in [6, 6.07) is 10.7. The van der Waals surface area contributed by atoms with E-state index < -0.39 is 5.97 Å². The van der Waals surface area contributed by atoms with Crippen LogP contribution >= 0.6 is 15.9 Å². The van der Waals surface area contributed by atoms with Crippen LogP contribution < -0.4 is 0 Å². The molecule has 0 spiro atoms. The van der Waals surface area contributed by atoms with Crippen LogP contribution in [-0.2, 0) is 4.74 Å². The first-order chi connectivity index (χ1) is 12.0. The Morgan fingerprint density at radius 3 is 2.40 bits per heavy atom. The molecule has 132 valence electrons. The van der Waals surface area contributed by atoms with Gasteiger partial charge in [0.25, 0.3) is 0 Å². The fourth-order valence-electron chi connectivity index (χ4n) is 2.79. The molecule has 0 fully saturated rings. The van der Waals surface area contributed by atoms with Gasteiger partial charge in [-0.1, -0.05) is 35.8 Å². The molecule has 0 saturated heterocycles. The molecular weight excluding hydrogens is 382 g/mol. The van der Waals surface area contributed by atoms with Gasteiger partial charge in [-0.25, -0.2) is 9.78 Å². The largest absolute Gasteiger partial charge is 0.507 e. The molecule has 0 unspecified atom stereocenters. The molecule has 2 aromatic rings. The van der Waals surface area contributed by atoms with Gasteiger partial charge in [-0.15, -0.1) is 0 Å². The standard InChI is InChI=1S/C20H22BrNO3/c1-4-14(16-12-13(21)10-11-19(16)23)15(5-2)17-8-7-9-18(22-17)20(24)25-6-3/h7-12,23H,4-6H2,1-3H3/b15-14-. The number of allylic oxidation sites excluding steroid dienone is 2. The molecule has 5 heteroatoms. The highest BCUT2D eigenvalue weighted by molar-refractivity contribution is 9.10. The minimum absolute atomic E-state index is 0.229. The van der Waals surface area contributed by atoms with Crippen molar-refractivity contribution >= 4 is 33.0 Å². The smallest absolute Gasteiger partial charge is 0.356 e. The first-order valence-electron chi connectivity index (χ1n) is 8.37. The number of esters is 1. The molecular formula is C20H22BrNO3. The van der Waals surface area contributed by atoms with Crippen molar-refractivity contribution < 1.29 is 14.6 Å². The summed E-state index contributed by atoms with van der Waals surface area (Å²) in [7, 11) is 0. The van der Waals surface area contributed by atoms with Crippen molar-refractivity contribution in [3.8, 4) is 5.75 Å². The molecule has 0 aliphatic rings. The number of carbonyl (C=O) groups is 1. The number of halogens is 1. The molecule has 1 aromatic carbocycles. The Hall–Kier alpha value is -2.14. The van der Waals surface area contributed by atoms with E-state index >= 15 is 0 Å². The summed E-state index contributed by atoms with van der Waals surface area (Å²) in [6.07, 6.45) is 1.47. The molecule has 1 heterocycles. The number of ether oxygens (including phenoxy) is 1. The van der Waals surface area contributed by atoms with E-state index in [1.54, 1.807) is 31.2 Å². The van der Waals surface area contributed by atoms with Crippen molar-refractivity contribution in [3.05, 3.63) is 57.8 Å². The summed E-state index contributed by atoms with van der Waals surface area (Å²) in [6.45, 7) is 6.16. The molecule has 0 aliphatic heterocycles. The number of aromatic nitrogens is 1. The Kier molecular flexibility index (Phi) is 6.76. The maximum absolute atomic E-state index is 12.0. The third-order valence-electron chi connectivity index (χ3n) is 3.90. The molecule has 4 nitrogen and oxygen atoms in total. The number of rotatable bonds is 6. The second-order valence-electron chi connectivity index (χ2n) is 5.45. The van der Waals surface area contributed by atoms with E-state index in [-0.39, 0.29) is 5.75 Å². The van der Waals surface area contributed by atoms with E-state index in [0.29, 0.717) is 12.3 Å². The van der Waals surface area contributed by atoms with Crippen LogP contribution in [0.1, 0.15) is 55.4 Å². The quantitative estimate of drug-likeness (QED) is 0.650. The summed E-state index contributed by atoms with van der Waals surface area (Å²) in [5, 5.41) is 10.3. The van der Waals surface area contributed by atoms with Gasteiger partial charge in [0, 0.05) is 10.0 Å². The molecule has 0 atom stereocenters. The van der Waals surface area contributed by atoms with Crippen molar-refractivity contribution in [3.63, 3.8) is 0 Å². The number of nitrogens with zero attached hydrogens (tertiary/aromatic N) is 1. The van der Waals surface area contributed by atoms with Gasteiger partial charge in [-0.3, -0.25) is 0 Å². The number of benzene rings is 1. The lowest BCUT2D eigenvalue weighted by molar-refractivity contribution is 0.0519. The average molecular weight is 404 g/mol. The number of hydrogen-bond donors (Lipinski definition) is 1. The van der Waals surface area contributed by atoms with Crippen molar-refractivity contribution in [2.45, 2.75) is 33.6 Å². The molecule has 0 saturated carbocycles. The third-order valence-corrected chi connectivity index (χ3v) is 4.39. The van der Waals surface area contributed by atoms with E-state index in [1.165, 1.54) is 0 Å². The molecule has 0 radical (unpaired) electrons. The van der Waals surface area contributed by atoms with E-state index in [1.807, 2.05) is 26.0 Å². The molecule has 25 heavy (non-hydrogen) atoms. The highest BCUT2D eigenvalue weighted by Gasteiger charge is 2.16. The average Bonchev–Trinajstić information content (AvgIpc) is 2.62. The van der Waals surface area contributed by atoms with Crippen LogP contribution in [0.2, 0.25) is 0 Å². The number of phenolic OH excluding ortho intramolecular Hbond substituents is 1. The zero-order valence-corrected chi connectivity index (χ0v) is 16.3. The van der Waals surface area contributed by atoms with Crippen LogP contribution in [0.5, 0.6) is 5.75 Å². The van der Waals surface area contributed by atoms with Crippen LogP contribution in [-0.4, -0.2) is 22.7 Å². The molecule has 1 aromatic heterocycles. The SMILES string of the molecule is CCOC(=O)c1cccc(/C(CC)=C(/CC)c2cc(Br)ccc2O)n1. The zero-order valence-electron chi connectivity index (χ0n) is 14.7. The van der Waals surface area contributed by atoms with Gasteiger partial charge < -0.3 is 9.84 Å². The van der Waals surface area contributed by atoms with Gasteiger partial charge >= 0.3 is 5.97 Å². The molecule has 2 rings (SSSR count). The Balaban J connectivity index is 2.59. The Labute approximate surface area is 156 Å². The number of aromatic hydroxyl groups is 1. The summed E-state index contributed by atoms with van der Waals surface area (Å²) in [4.78, 5) is 16.5. The lowest BCUT2D eigenvalue weighted by Crippen LogP contribution is -2.08. The molecule has 1 N–H and O–H groups in total. The number of hydrogen-bond acceptors (Lipinski definition) is 4. The first kappa shape index (κ1) is 19.2. The Bertz CT molecular complexity index is 799. The van der Waals surface area contributed by atoms with Crippen molar-refractivity contribution in [1.82, 2.24) is 4.98 Å². The minimum atomic E-state index is -0.428. The van der Waals surface area contributed by atoms with Gasteiger partial charge in [-0.05, 0) is 61.2 Å². The van der Waals surface area contributed by atoms with Gasteiger partial charge in [0.1, 0.15) is 11.4 Å². The molecule has 0 aliphatic carbocycles. The maximum atomic E-state index is 12.0. The minimum Gasteiger partial charge on any atom is -0.507 e. The number of pyridine rings is 1.